The maximum absolute atomic E-state index is 12.7. The number of nitrogens with zero attached hydrogens (tertiary/aromatic N) is 1. The van der Waals surface area contributed by atoms with Crippen LogP contribution >= 0.6 is 0 Å². The molecule has 26 heavy (non-hydrogen) atoms. The molecule has 1 aliphatic rings. The van der Waals surface area contributed by atoms with E-state index in [-0.39, 0.29) is 0 Å². The molecule has 0 aromatic heterocycles. The van der Waals surface area contributed by atoms with Gasteiger partial charge in [-0.2, -0.15) is 0 Å². The minimum Gasteiger partial charge on any atom is -0.454 e. The average molecular weight is 361 g/mol. The lowest BCUT2D eigenvalue weighted by Crippen LogP contribution is -2.44. The van der Waals surface area contributed by atoms with Gasteiger partial charge in [-0.05, 0) is 33.3 Å². The highest BCUT2D eigenvalue weighted by Crippen LogP contribution is 2.28. The average Bonchev–Trinajstić information content (AvgIpc) is 2.76. The number of urea groups is 1. The molecule has 0 aliphatic carbocycles. The lowest BCUT2D eigenvalue weighted by Gasteiger charge is -2.22. The van der Waals surface area contributed by atoms with E-state index in [9.17, 15) is 19.2 Å². The van der Waals surface area contributed by atoms with Crippen molar-refractivity contribution in [1.29, 1.82) is 0 Å². The standard InChI is InChI=1S/C18H23N3O5/c1-17(2,3)19-13(22)11-26-14(23)10-21-15(24)18(4,20-16(21)25)12-8-6-5-7-9-12/h5-9H,10-11H2,1-4H3,(H,19,22)(H,20,25)/t18-/m1/s1. The Morgan fingerprint density at radius 3 is 2.38 bits per heavy atom. The van der Waals surface area contributed by atoms with Crippen LogP contribution in [0.25, 0.3) is 0 Å². The SMILES string of the molecule is CC(C)(C)NC(=O)COC(=O)CN1C(=O)N[C@](C)(c2ccccc2)C1=O. The summed E-state index contributed by atoms with van der Waals surface area (Å²) in [5.74, 6) is -1.85. The highest BCUT2D eigenvalue weighted by atomic mass is 16.5. The fourth-order valence-electron chi connectivity index (χ4n) is 2.58. The van der Waals surface area contributed by atoms with Crippen molar-refractivity contribution in [2.45, 2.75) is 38.8 Å². The molecule has 2 N–H and O–H groups in total. The molecule has 1 atom stereocenters. The van der Waals surface area contributed by atoms with Crippen molar-refractivity contribution in [3.8, 4) is 0 Å². The Balaban J connectivity index is 1.97. The zero-order chi connectivity index (χ0) is 19.5. The summed E-state index contributed by atoms with van der Waals surface area (Å²) in [4.78, 5) is 49.2. The van der Waals surface area contributed by atoms with Crippen LogP contribution in [0.4, 0.5) is 4.79 Å². The zero-order valence-electron chi connectivity index (χ0n) is 15.3. The maximum atomic E-state index is 12.7. The van der Waals surface area contributed by atoms with Gasteiger partial charge in [-0.3, -0.25) is 19.3 Å². The smallest absolute Gasteiger partial charge is 0.326 e. The van der Waals surface area contributed by atoms with Crippen molar-refractivity contribution in [3.63, 3.8) is 0 Å². The second-order valence-corrected chi connectivity index (χ2v) is 7.27. The summed E-state index contributed by atoms with van der Waals surface area (Å²) in [5.41, 5.74) is -1.09. The number of rotatable bonds is 5. The van der Waals surface area contributed by atoms with E-state index < -0.39 is 48.0 Å². The van der Waals surface area contributed by atoms with Crippen LogP contribution in [0.2, 0.25) is 0 Å². The first kappa shape index (κ1) is 19.4. The predicted molar refractivity (Wildman–Crippen MR) is 92.9 cm³/mol. The van der Waals surface area contributed by atoms with E-state index in [1.807, 2.05) is 0 Å². The number of esters is 1. The molecule has 0 bridgehead atoms. The number of imide groups is 1. The molecule has 0 spiro atoms. The van der Waals surface area contributed by atoms with Crippen molar-refractivity contribution in [1.82, 2.24) is 15.5 Å². The molecule has 1 heterocycles. The van der Waals surface area contributed by atoms with Crippen LogP contribution in [0.5, 0.6) is 0 Å². The van der Waals surface area contributed by atoms with Gasteiger partial charge in [0.15, 0.2) is 6.61 Å². The van der Waals surface area contributed by atoms with Gasteiger partial charge < -0.3 is 15.4 Å². The quantitative estimate of drug-likeness (QED) is 0.599. The largest absolute Gasteiger partial charge is 0.454 e. The number of benzene rings is 1. The molecule has 1 saturated heterocycles. The highest BCUT2D eigenvalue weighted by Gasteiger charge is 2.49. The summed E-state index contributed by atoms with van der Waals surface area (Å²) in [5, 5.41) is 5.24. The molecule has 8 heteroatoms. The molecule has 0 unspecified atom stereocenters. The van der Waals surface area contributed by atoms with Crippen molar-refractivity contribution >= 4 is 23.8 Å². The summed E-state index contributed by atoms with van der Waals surface area (Å²) >= 11 is 0. The number of carbonyl (C=O) groups excluding carboxylic acids is 4. The molecule has 0 saturated carbocycles. The third-order valence-corrected chi connectivity index (χ3v) is 3.79. The van der Waals surface area contributed by atoms with E-state index in [1.165, 1.54) is 0 Å². The summed E-state index contributed by atoms with van der Waals surface area (Å²) in [6.07, 6.45) is 0. The van der Waals surface area contributed by atoms with Crippen molar-refractivity contribution in [2.24, 2.45) is 0 Å². The van der Waals surface area contributed by atoms with Gasteiger partial charge in [0, 0.05) is 5.54 Å². The lowest BCUT2D eigenvalue weighted by atomic mass is 9.92. The number of carbonyl (C=O) groups is 4. The Morgan fingerprint density at radius 1 is 1.19 bits per heavy atom. The lowest BCUT2D eigenvalue weighted by molar-refractivity contribution is -0.151. The van der Waals surface area contributed by atoms with Crippen LogP contribution in [0.1, 0.15) is 33.3 Å². The third kappa shape index (κ3) is 4.38. The summed E-state index contributed by atoms with van der Waals surface area (Å²) in [6.45, 7) is 5.93. The van der Waals surface area contributed by atoms with E-state index in [1.54, 1.807) is 58.0 Å². The monoisotopic (exact) mass is 361 g/mol. The minimum absolute atomic E-state index is 0.453. The van der Waals surface area contributed by atoms with Gasteiger partial charge in [0.25, 0.3) is 11.8 Å². The zero-order valence-corrected chi connectivity index (χ0v) is 15.3. The molecular formula is C18H23N3O5. The first-order chi connectivity index (χ1) is 12.0. The van der Waals surface area contributed by atoms with Gasteiger partial charge in [-0.25, -0.2) is 4.79 Å². The van der Waals surface area contributed by atoms with Crippen LogP contribution < -0.4 is 10.6 Å². The topological polar surface area (TPSA) is 105 Å². The molecular weight excluding hydrogens is 338 g/mol. The first-order valence-corrected chi connectivity index (χ1v) is 8.19. The van der Waals surface area contributed by atoms with Gasteiger partial charge >= 0.3 is 12.0 Å². The van der Waals surface area contributed by atoms with E-state index in [0.29, 0.717) is 5.56 Å². The normalized spacial score (nSPS) is 19.9. The van der Waals surface area contributed by atoms with Gasteiger partial charge in [-0.1, -0.05) is 30.3 Å². The molecule has 1 aromatic carbocycles. The Bertz CT molecular complexity index is 726. The molecule has 2 rings (SSSR count). The van der Waals surface area contributed by atoms with E-state index in [4.69, 9.17) is 4.74 Å². The summed E-state index contributed by atoms with van der Waals surface area (Å²) in [7, 11) is 0. The fraction of sp³-hybridized carbons (Fsp3) is 0.444. The number of nitrogens with one attached hydrogen (secondary N) is 2. The Morgan fingerprint density at radius 2 is 1.81 bits per heavy atom. The fourth-order valence-corrected chi connectivity index (χ4v) is 2.58. The van der Waals surface area contributed by atoms with Gasteiger partial charge in [-0.15, -0.1) is 0 Å². The Hall–Kier alpha value is -2.90. The van der Waals surface area contributed by atoms with Crippen molar-refractivity contribution in [2.75, 3.05) is 13.2 Å². The van der Waals surface area contributed by atoms with E-state index >= 15 is 0 Å². The molecule has 0 radical (unpaired) electrons. The third-order valence-electron chi connectivity index (χ3n) is 3.79. The number of amides is 4. The summed E-state index contributed by atoms with van der Waals surface area (Å²) < 4.78 is 4.86. The van der Waals surface area contributed by atoms with Crippen molar-refractivity contribution < 1.29 is 23.9 Å². The minimum atomic E-state index is -1.25. The summed E-state index contributed by atoms with van der Waals surface area (Å²) in [6, 6.07) is 8.06. The van der Waals surface area contributed by atoms with Crippen molar-refractivity contribution in [3.05, 3.63) is 35.9 Å². The Kier molecular flexibility index (Phi) is 5.34. The molecule has 1 aromatic rings. The molecule has 140 valence electrons. The molecule has 1 aliphatic heterocycles. The molecule has 4 amide bonds. The van der Waals surface area contributed by atoms with Crippen LogP contribution in [0.3, 0.4) is 0 Å². The van der Waals surface area contributed by atoms with E-state index in [0.717, 1.165) is 4.90 Å². The van der Waals surface area contributed by atoms with Crippen LogP contribution in [0.15, 0.2) is 30.3 Å². The van der Waals surface area contributed by atoms with E-state index in [2.05, 4.69) is 10.6 Å². The van der Waals surface area contributed by atoms with Crippen LogP contribution in [-0.4, -0.2) is 47.4 Å². The predicted octanol–water partition coefficient (Wildman–Crippen LogP) is 0.911. The van der Waals surface area contributed by atoms with Gasteiger partial charge in [0.2, 0.25) is 0 Å². The maximum Gasteiger partial charge on any atom is 0.326 e. The second-order valence-electron chi connectivity index (χ2n) is 7.27. The first-order valence-electron chi connectivity index (χ1n) is 8.19. The number of ether oxygens (including phenoxy) is 1. The van der Waals surface area contributed by atoms with Crippen LogP contribution in [-0.2, 0) is 24.7 Å². The second kappa shape index (κ2) is 7.15. The number of hydrogen-bond donors (Lipinski definition) is 2. The molecule has 8 nitrogen and oxygen atoms in total. The highest BCUT2D eigenvalue weighted by molar-refractivity contribution is 6.08. The van der Waals surface area contributed by atoms with Gasteiger partial charge in [0.1, 0.15) is 12.1 Å². The number of hydrogen-bond acceptors (Lipinski definition) is 5. The Labute approximate surface area is 151 Å². The van der Waals surface area contributed by atoms with Crippen LogP contribution in [0, 0.1) is 0 Å². The molecule has 1 fully saturated rings. The van der Waals surface area contributed by atoms with Gasteiger partial charge in [0.05, 0.1) is 0 Å².